The summed E-state index contributed by atoms with van der Waals surface area (Å²) in [5.41, 5.74) is 6.64. The Morgan fingerprint density at radius 2 is 2.31 bits per heavy atom. The monoisotopic (exact) mass is 223 g/mol. The molecule has 0 aromatic carbocycles. The van der Waals surface area contributed by atoms with E-state index in [-0.39, 0.29) is 0 Å². The van der Waals surface area contributed by atoms with E-state index in [0.29, 0.717) is 6.42 Å². The van der Waals surface area contributed by atoms with Crippen LogP contribution in [0.5, 0.6) is 0 Å². The lowest BCUT2D eigenvalue weighted by atomic mass is 10.1. The van der Waals surface area contributed by atoms with Crippen LogP contribution in [-0.2, 0) is 11.3 Å². The van der Waals surface area contributed by atoms with Gasteiger partial charge in [0.25, 0.3) is 0 Å². The van der Waals surface area contributed by atoms with Crippen LogP contribution in [0, 0.1) is 6.92 Å². The number of carbonyl (C=O) groups is 1. The molecule has 3 N–H and O–H groups in total. The molecule has 1 aromatic rings. The van der Waals surface area contributed by atoms with Crippen LogP contribution in [0.15, 0.2) is 24.5 Å². The fourth-order valence-electron chi connectivity index (χ4n) is 1.57. The number of aromatic nitrogens is 1. The second kappa shape index (κ2) is 6.23. The number of carboxylic acids is 1. The van der Waals surface area contributed by atoms with Crippen LogP contribution in [0.2, 0.25) is 0 Å². The van der Waals surface area contributed by atoms with Crippen LogP contribution in [0.25, 0.3) is 0 Å². The molecule has 4 nitrogen and oxygen atoms in total. The number of nitrogens with zero attached hydrogens (tertiary/aromatic N) is 1. The lowest BCUT2D eigenvalue weighted by molar-refractivity contribution is -0.697. The number of carboxylic acid groups (broad SMARTS) is 1. The van der Waals surface area contributed by atoms with Crippen molar-refractivity contribution in [3.8, 4) is 0 Å². The lowest BCUT2D eigenvalue weighted by Gasteiger charge is -2.04. The molecule has 4 heteroatoms. The lowest BCUT2D eigenvalue weighted by Crippen LogP contribution is -2.34. The van der Waals surface area contributed by atoms with E-state index in [4.69, 9.17) is 10.8 Å². The zero-order valence-electron chi connectivity index (χ0n) is 9.60. The van der Waals surface area contributed by atoms with Crippen molar-refractivity contribution < 1.29 is 14.5 Å². The molecule has 0 unspecified atom stereocenters. The van der Waals surface area contributed by atoms with Gasteiger partial charge in [0, 0.05) is 18.1 Å². The van der Waals surface area contributed by atoms with Crippen molar-refractivity contribution in [3.05, 3.63) is 30.1 Å². The number of aliphatic carboxylic acids is 1. The van der Waals surface area contributed by atoms with Crippen LogP contribution >= 0.6 is 0 Å². The number of hydrogen-bond donors (Lipinski definition) is 2. The molecular weight excluding hydrogens is 204 g/mol. The van der Waals surface area contributed by atoms with Crippen molar-refractivity contribution in [2.45, 2.75) is 38.8 Å². The molecule has 88 valence electrons. The van der Waals surface area contributed by atoms with E-state index >= 15 is 0 Å². The molecule has 1 heterocycles. The van der Waals surface area contributed by atoms with Crippen molar-refractivity contribution in [3.63, 3.8) is 0 Å². The Bertz CT molecular complexity index is 353. The van der Waals surface area contributed by atoms with Gasteiger partial charge >= 0.3 is 5.97 Å². The van der Waals surface area contributed by atoms with E-state index < -0.39 is 12.0 Å². The highest BCUT2D eigenvalue weighted by Crippen LogP contribution is 1.99. The molecule has 0 bridgehead atoms. The fourth-order valence-corrected chi connectivity index (χ4v) is 1.57. The Morgan fingerprint density at radius 3 is 2.94 bits per heavy atom. The van der Waals surface area contributed by atoms with Crippen molar-refractivity contribution >= 4 is 5.97 Å². The molecule has 1 rings (SSSR count). The van der Waals surface area contributed by atoms with Crippen molar-refractivity contribution in [1.82, 2.24) is 0 Å². The molecule has 0 aliphatic rings. The fraction of sp³-hybridized carbons (Fsp3) is 0.500. The first kappa shape index (κ1) is 12.6. The number of nitrogens with two attached hydrogens (primary N) is 1. The van der Waals surface area contributed by atoms with E-state index in [2.05, 4.69) is 23.8 Å². The summed E-state index contributed by atoms with van der Waals surface area (Å²) in [5, 5.41) is 8.60. The average molecular weight is 223 g/mol. The quantitative estimate of drug-likeness (QED) is 0.555. The third kappa shape index (κ3) is 4.40. The molecule has 1 atom stereocenters. The molecule has 0 aliphatic carbocycles. The zero-order valence-corrected chi connectivity index (χ0v) is 9.60. The first-order chi connectivity index (χ1) is 7.59. The zero-order chi connectivity index (χ0) is 12.0. The van der Waals surface area contributed by atoms with Crippen molar-refractivity contribution in [2.75, 3.05) is 0 Å². The van der Waals surface area contributed by atoms with Gasteiger partial charge in [-0.1, -0.05) is 0 Å². The number of pyridine rings is 1. The maximum atomic E-state index is 10.5. The normalized spacial score (nSPS) is 12.4. The van der Waals surface area contributed by atoms with Gasteiger partial charge in [0.1, 0.15) is 12.6 Å². The third-order valence-corrected chi connectivity index (χ3v) is 2.50. The number of aryl methyl sites for hydroxylation is 2. The largest absolute Gasteiger partial charge is 0.480 e. The minimum absolute atomic E-state index is 0.543. The number of hydrogen-bond acceptors (Lipinski definition) is 2. The summed E-state index contributed by atoms with van der Waals surface area (Å²) in [4.78, 5) is 10.5. The van der Waals surface area contributed by atoms with Crippen LogP contribution in [0.4, 0.5) is 0 Å². The summed E-state index contributed by atoms with van der Waals surface area (Å²) < 4.78 is 2.11. The summed E-state index contributed by atoms with van der Waals surface area (Å²) in [7, 11) is 0. The van der Waals surface area contributed by atoms with E-state index in [1.807, 2.05) is 12.3 Å². The van der Waals surface area contributed by atoms with Gasteiger partial charge in [-0.25, -0.2) is 4.57 Å². The smallest absolute Gasteiger partial charge is 0.320 e. The van der Waals surface area contributed by atoms with Crippen LogP contribution in [-0.4, -0.2) is 17.1 Å². The molecule has 0 saturated carbocycles. The maximum Gasteiger partial charge on any atom is 0.320 e. The van der Waals surface area contributed by atoms with Gasteiger partial charge in [0.15, 0.2) is 12.4 Å². The Balaban J connectivity index is 2.23. The van der Waals surface area contributed by atoms with Crippen molar-refractivity contribution in [1.29, 1.82) is 0 Å². The molecule has 0 aliphatic heterocycles. The molecule has 0 fully saturated rings. The summed E-state index contributed by atoms with van der Waals surface area (Å²) in [6.07, 6.45) is 6.44. The van der Waals surface area contributed by atoms with Gasteiger partial charge < -0.3 is 10.8 Å². The number of rotatable bonds is 6. The van der Waals surface area contributed by atoms with E-state index in [1.165, 1.54) is 5.56 Å². The summed E-state index contributed by atoms with van der Waals surface area (Å²) in [5.74, 6) is -0.914. The number of unbranched alkanes of at least 4 members (excludes halogenated alkanes) is 1. The van der Waals surface area contributed by atoms with Crippen LogP contribution in [0.1, 0.15) is 24.8 Å². The SMILES string of the molecule is Cc1ccc[n+](CCCC[C@H](N)C(=O)O)c1. The van der Waals surface area contributed by atoms with Gasteiger partial charge in [-0.2, -0.15) is 0 Å². The van der Waals surface area contributed by atoms with E-state index in [9.17, 15) is 4.79 Å². The first-order valence-electron chi connectivity index (χ1n) is 5.53. The Morgan fingerprint density at radius 1 is 1.56 bits per heavy atom. The highest BCUT2D eigenvalue weighted by Gasteiger charge is 2.10. The molecule has 0 radical (unpaired) electrons. The Hall–Kier alpha value is -1.42. The van der Waals surface area contributed by atoms with Crippen LogP contribution in [0.3, 0.4) is 0 Å². The minimum atomic E-state index is -0.914. The van der Waals surface area contributed by atoms with E-state index in [1.54, 1.807) is 0 Å². The topological polar surface area (TPSA) is 67.2 Å². The third-order valence-electron chi connectivity index (χ3n) is 2.50. The van der Waals surface area contributed by atoms with Gasteiger partial charge in [-0.05, 0) is 25.8 Å². The molecule has 1 aromatic heterocycles. The predicted molar refractivity (Wildman–Crippen MR) is 60.8 cm³/mol. The van der Waals surface area contributed by atoms with Gasteiger partial charge in [-0.15, -0.1) is 0 Å². The Kier molecular flexibility index (Phi) is 4.92. The van der Waals surface area contributed by atoms with Gasteiger partial charge in [0.2, 0.25) is 0 Å². The first-order valence-corrected chi connectivity index (χ1v) is 5.53. The molecule has 0 spiro atoms. The molecule has 0 amide bonds. The standard InChI is InChI=1S/C12H18N2O2/c1-10-5-4-8-14(9-10)7-3-2-6-11(13)12(15)16/h4-5,8-9,11H,2-3,6-7,13H2,1H3/p+1/t11-/m0/s1. The van der Waals surface area contributed by atoms with E-state index in [0.717, 1.165) is 19.4 Å². The van der Waals surface area contributed by atoms with Gasteiger partial charge in [0.05, 0.1) is 0 Å². The average Bonchev–Trinajstić information content (AvgIpc) is 2.24. The minimum Gasteiger partial charge on any atom is -0.480 e. The molecular formula is C12H19N2O2+. The van der Waals surface area contributed by atoms with Crippen molar-refractivity contribution in [2.24, 2.45) is 5.73 Å². The van der Waals surface area contributed by atoms with Crippen LogP contribution < -0.4 is 10.3 Å². The summed E-state index contributed by atoms with van der Waals surface area (Å²) in [6, 6.07) is 3.34. The molecule has 0 saturated heterocycles. The Labute approximate surface area is 95.7 Å². The highest BCUT2D eigenvalue weighted by atomic mass is 16.4. The predicted octanol–water partition coefficient (Wildman–Crippen LogP) is 0.865. The summed E-state index contributed by atoms with van der Waals surface area (Å²) in [6.45, 7) is 2.96. The second-order valence-corrected chi connectivity index (χ2v) is 4.06. The highest BCUT2D eigenvalue weighted by molar-refractivity contribution is 5.72. The van der Waals surface area contributed by atoms with Gasteiger partial charge in [-0.3, -0.25) is 4.79 Å². The summed E-state index contributed by atoms with van der Waals surface area (Å²) >= 11 is 0. The maximum absolute atomic E-state index is 10.5. The molecule has 16 heavy (non-hydrogen) atoms. The second-order valence-electron chi connectivity index (χ2n) is 4.06.